The lowest BCUT2D eigenvalue weighted by atomic mass is 9.86. The second kappa shape index (κ2) is 10.0. The van der Waals surface area contributed by atoms with Gasteiger partial charge in [0, 0.05) is 25.7 Å². The number of carbonyl (C=O) groups excluding carboxylic acids is 1. The summed E-state index contributed by atoms with van der Waals surface area (Å²) in [5.74, 6) is -0.735. The van der Waals surface area contributed by atoms with Crippen molar-refractivity contribution in [1.29, 1.82) is 0 Å². The SMILES string of the molecule is CN(CC(=O)O)C1CCN(CC(=O)NCCc2ccc(C(C)(C)C)cc2)CC1. The predicted molar refractivity (Wildman–Crippen MR) is 112 cm³/mol. The lowest BCUT2D eigenvalue weighted by Gasteiger charge is -2.35. The fraction of sp³-hybridized carbons (Fsp3) is 0.636. The summed E-state index contributed by atoms with van der Waals surface area (Å²) in [5, 5.41) is 11.9. The van der Waals surface area contributed by atoms with Gasteiger partial charge in [-0.05, 0) is 42.9 Å². The Balaban J connectivity index is 1.66. The van der Waals surface area contributed by atoms with E-state index in [1.54, 1.807) is 0 Å². The van der Waals surface area contributed by atoms with Crippen molar-refractivity contribution >= 4 is 11.9 Å². The molecule has 0 aromatic heterocycles. The van der Waals surface area contributed by atoms with Gasteiger partial charge in [-0.2, -0.15) is 0 Å². The minimum absolute atomic E-state index is 0.0589. The molecule has 1 amide bonds. The monoisotopic (exact) mass is 389 g/mol. The average Bonchev–Trinajstić information content (AvgIpc) is 2.61. The third-order valence-electron chi connectivity index (χ3n) is 5.49. The normalized spacial score (nSPS) is 16.3. The largest absolute Gasteiger partial charge is 0.480 e. The van der Waals surface area contributed by atoms with Gasteiger partial charge in [0.1, 0.15) is 0 Å². The molecular weight excluding hydrogens is 354 g/mol. The molecule has 0 bridgehead atoms. The van der Waals surface area contributed by atoms with Crippen molar-refractivity contribution in [3.63, 3.8) is 0 Å². The second-order valence-corrected chi connectivity index (χ2v) is 8.86. The van der Waals surface area contributed by atoms with Crippen LogP contribution in [0.25, 0.3) is 0 Å². The number of amides is 1. The molecule has 0 saturated carbocycles. The molecule has 1 saturated heterocycles. The van der Waals surface area contributed by atoms with Crippen LogP contribution in [0.5, 0.6) is 0 Å². The molecule has 156 valence electrons. The van der Waals surface area contributed by atoms with Crippen molar-refractivity contribution in [3.8, 4) is 0 Å². The number of hydrogen-bond acceptors (Lipinski definition) is 4. The first-order chi connectivity index (χ1) is 13.1. The maximum atomic E-state index is 12.2. The molecule has 0 atom stereocenters. The first-order valence-corrected chi connectivity index (χ1v) is 10.2. The van der Waals surface area contributed by atoms with Crippen LogP contribution in [0.15, 0.2) is 24.3 Å². The lowest BCUT2D eigenvalue weighted by molar-refractivity contribution is -0.138. The average molecular weight is 390 g/mol. The highest BCUT2D eigenvalue weighted by atomic mass is 16.4. The first kappa shape index (κ1) is 22.4. The quantitative estimate of drug-likeness (QED) is 0.713. The minimum Gasteiger partial charge on any atom is -0.480 e. The van der Waals surface area contributed by atoms with E-state index in [0.717, 1.165) is 32.4 Å². The zero-order valence-corrected chi connectivity index (χ0v) is 17.7. The van der Waals surface area contributed by atoms with E-state index in [4.69, 9.17) is 5.11 Å². The van der Waals surface area contributed by atoms with Crippen LogP contribution < -0.4 is 5.32 Å². The standard InChI is InChI=1S/C22H35N3O3/c1-22(2,3)18-7-5-17(6-8-18)9-12-23-20(26)15-25-13-10-19(11-14-25)24(4)16-21(27)28/h5-8,19H,9-16H2,1-4H3,(H,23,26)(H,27,28). The van der Waals surface area contributed by atoms with E-state index in [1.807, 2.05) is 11.9 Å². The molecule has 6 nitrogen and oxygen atoms in total. The highest BCUT2D eigenvalue weighted by molar-refractivity contribution is 5.78. The summed E-state index contributed by atoms with van der Waals surface area (Å²) in [4.78, 5) is 27.1. The van der Waals surface area contributed by atoms with Crippen molar-refractivity contribution in [2.24, 2.45) is 0 Å². The number of benzene rings is 1. The zero-order valence-electron chi connectivity index (χ0n) is 17.7. The van der Waals surface area contributed by atoms with Crippen LogP contribution in [-0.4, -0.2) is 72.6 Å². The molecule has 1 aliphatic rings. The molecule has 1 aromatic rings. The number of nitrogens with zero attached hydrogens (tertiary/aromatic N) is 2. The molecular formula is C22H35N3O3. The van der Waals surface area contributed by atoms with Gasteiger partial charge in [0.15, 0.2) is 0 Å². The Morgan fingerprint density at radius 1 is 1.18 bits per heavy atom. The van der Waals surface area contributed by atoms with Gasteiger partial charge in [-0.15, -0.1) is 0 Å². The number of carboxylic acids is 1. The number of carboxylic acid groups (broad SMARTS) is 1. The van der Waals surface area contributed by atoms with Crippen molar-refractivity contribution < 1.29 is 14.7 Å². The second-order valence-electron chi connectivity index (χ2n) is 8.86. The lowest BCUT2D eigenvalue weighted by Crippen LogP contribution is -2.47. The van der Waals surface area contributed by atoms with Crippen LogP contribution >= 0.6 is 0 Å². The molecule has 2 N–H and O–H groups in total. The van der Waals surface area contributed by atoms with Crippen LogP contribution in [0.4, 0.5) is 0 Å². The third-order valence-corrected chi connectivity index (χ3v) is 5.49. The molecule has 1 fully saturated rings. The topological polar surface area (TPSA) is 72.9 Å². The van der Waals surface area contributed by atoms with Crippen LogP contribution in [0.1, 0.15) is 44.7 Å². The molecule has 0 radical (unpaired) electrons. The summed E-state index contributed by atoms with van der Waals surface area (Å²) >= 11 is 0. The van der Waals surface area contributed by atoms with Gasteiger partial charge in [-0.25, -0.2) is 0 Å². The molecule has 0 aliphatic carbocycles. The Bertz CT molecular complexity index is 644. The van der Waals surface area contributed by atoms with Crippen LogP contribution in [0, 0.1) is 0 Å². The molecule has 1 heterocycles. The Kier molecular flexibility index (Phi) is 8.01. The van der Waals surface area contributed by atoms with E-state index in [-0.39, 0.29) is 23.9 Å². The third kappa shape index (κ3) is 7.24. The number of piperidine rings is 1. The van der Waals surface area contributed by atoms with Gasteiger partial charge < -0.3 is 10.4 Å². The molecule has 1 aliphatic heterocycles. The maximum absolute atomic E-state index is 12.2. The zero-order chi connectivity index (χ0) is 20.7. The summed E-state index contributed by atoms with van der Waals surface area (Å²) in [5.41, 5.74) is 2.70. The Hall–Kier alpha value is -1.92. The number of likely N-dealkylation sites (tertiary alicyclic amines) is 1. The molecule has 6 heteroatoms. The number of hydrogen-bond donors (Lipinski definition) is 2. The minimum atomic E-state index is -0.794. The Morgan fingerprint density at radius 3 is 2.32 bits per heavy atom. The molecule has 0 spiro atoms. The smallest absolute Gasteiger partial charge is 0.317 e. The predicted octanol–water partition coefficient (Wildman–Crippen LogP) is 2.12. The Labute approximate surface area is 168 Å². The summed E-state index contributed by atoms with van der Waals surface area (Å²) in [6, 6.07) is 8.91. The number of rotatable bonds is 8. The Morgan fingerprint density at radius 2 is 1.79 bits per heavy atom. The molecule has 2 rings (SSSR count). The summed E-state index contributed by atoms with van der Waals surface area (Å²) < 4.78 is 0. The van der Waals surface area contributed by atoms with Crippen molar-refractivity contribution in [3.05, 3.63) is 35.4 Å². The summed E-state index contributed by atoms with van der Waals surface area (Å²) in [7, 11) is 1.86. The van der Waals surface area contributed by atoms with E-state index in [0.29, 0.717) is 13.1 Å². The number of aliphatic carboxylic acids is 1. The fourth-order valence-corrected chi connectivity index (χ4v) is 3.64. The fourth-order valence-electron chi connectivity index (χ4n) is 3.64. The number of nitrogens with one attached hydrogen (secondary N) is 1. The van der Waals surface area contributed by atoms with Crippen LogP contribution in [-0.2, 0) is 21.4 Å². The van der Waals surface area contributed by atoms with Crippen molar-refractivity contribution in [1.82, 2.24) is 15.1 Å². The van der Waals surface area contributed by atoms with E-state index in [2.05, 4.69) is 55.3 Å². The molecule has 28 heavy (non-hydrogen) atoms. The van der Waals surface area contributed by atoms with E-state index >= 15 is 0 Å². The van der Waals surface area contributed by atoms with E-state index in [9.17, 15) is 9.59 Å². The highest BCUT2D eigenvalue weighted by Gasteiger charge is 2.24. The first-order valence-electron chi connectivity index (χ1n) is 10.2. The van der Waals surface area contributed by atoms with Gasteiger partial charge in [0.25, 0.3) is 0 Å². The van der Waals surface area contributed by atoms with Crippen LogP contribution in [0.2, 0.25) is 0 Å². The molecule has 1 aromatic carbocycles. The highest BCUT2D eigenvalue weighted by Crippen LogP contribution is 2.22. The number of carbonyl (C=O) groups is 2. The van der Waals surface area contributed by atoms with Crippen molar-refractivity contribution in [2.75, 3.05) is 39.8 Å². The van der Waals surface area contributed by atoms with Gasteiger partial charge in [0.05, 0.1) is 13.1 Å². The van der Waals surface area contributed by atoms with Gasteiger partial charge >= 0.3 is 5.97 Å². The maximum Gasteiger partial charge on any atom is 0.317 e. The summed E-state index contributed by atoms with van der Waals surface area (Å²) in [6.07, 6.45) is 2.63. The summed E-state index contributed by atoms with van der Waals surface area (Å²) in [6.45, 7) is 9.40. The van der Waals surface area contributed by atoms with Gasteiger partial charge in [0.2, 0.25) is 5.91 Å². The number of likely N-dealkylation sites (N-methyl/N-ethyl adjacent to an activating group) is 1. The van der Waals surface area contributed by atoms with E-state index in [1.165, 1.54) is 11.1 Å². The van der Waals surface area contributed by atoms with Gasteiger partial charge in [-0.3, -0.25) is 19.4 Å². The molecule has 0 unspecified atom stereocenters. The van der Waals surface area contributed by atoms with Gasteiger partial charge in [-0.1, -0.05) is 45.0 Å². The van der Waals surface area contributed by atoms with Crippen molar-refractivity contribution in [2.45, 2.75) is 51.5 Å². The van der Waals surface area contributed by atoms with E-state index < -0.39 is 5.97 Å². The van der Waals surface area contributed by atoms with Crippen LogP contribution in [0.3, 0.4) is 0 Å².